The molecule has 0 aromatic heterocycles. The molecule has 0 aromatic carbocycles. The molecule has 0 radical (unpaired) electrons. The number of carbonyl (C=O) groups is 3. The molecule has 0 saturated carbocycles. The molecule has 0 spiro atoms. The van der Waals surface area contributed by atoms with E-state index >= 15 is 0 Å². The van der Waals surface area contributed by atoms with Crippen molar-refractivity contribution in [1.29, 1.82) is 0 Å². The number of nitrogens with one attached hydrogen (secondary N) is 1. The first-order valence-electron chi connectivity index (χ1n) is 9.94. The van der Waals surface area contributed by atoms with Crippen molar-refractivity contribution in [2.75, 3.05) is 61.9 Å². The summed E-state index contributed by atoms with van der Waals surface area (Å²) in [6.07, 6.45) is 0. The third-order valence-electron chi connectivity index (χ3n) is 3.43. The zero-order valence-corrected chi connectivity index (χ0v) is 20.4. The standard InChI is InChI=1S/C8H18N2O.C7H15NO.C6H13NO.CH4/c1-7(2)8(11)9-5-6-10(3)4;1-6(2)7(9)5-8(3)4;1-5(2)6(8)7(3)4;/h7H,5-6H2,1-4H3,(H,9,11);6H,5H2,1-4H3;5H,1-4H3;1H4. The van der Waals surface area contributed by atoms with E-state index in [2.05, 4.69) is 5.32 Å². The molecule has 0 aliphatic carbocycles. The van der Waals surface area contributed by atoms with E-state index in [1.807, 2.05) is 79.5 Å². The van der Waals surface area contributed by atoms with E-state index in [0.29, 0.717) is 12.3 Å². The van der Waals surface area contributed by atoms with Crippen LogP contribution in [0.25, 0.3) is 0 Å². The average molecular weight is 419 g/mol. The summed E-state index contributed by atoms with van der Waals surface area (Å²) < 4.78 is 0. The van der Waals surface area contributed by atoms with Crippen LogP contribution in [-0.2, 0) is 14.4 Å². The summed E-state index contributed by atoms with van der Waals surface area (Å²) in [5, 5.41) is 2.83. The molecule has 0 aliphatic rings. The molecule has 0 aliphatic heterocycles. The monoisotopic (exact) mass is 418 g/mol. The van der Waals surface area contributed by atoms with Crippen molar-refractivity contribution in [3.8, 4) is 0 Å². The molecule has 0 heterocycles. The molecule has 7 nitrogen and oxygen atoms in total. The van der Waals surface area contributed by atoms with Gasteiger partial charge in [-0.2, -0.15) is 0 Å². The van der Waals surface area contributed by atoms with Gasteiger partial charge in [0.15, 0.2) is 0 Å². The summed E-state index contributed by atoms with van der Waals surface area (Å²) in [7, 11) is 11.3. The average Bonchev–Trinajstić information content (AvgIpc) is 2.53. The molecule has 7 heteroatoms. The van der Waals surface area contributed by atoms with Crippen LogP contribution >= 0.6 is 0 Å². The fourth-order valence-electron chi connectivity index (χ4n) is 1.62. The van der Waals surface area contributed by atoms with Gasteiger partial charge in [0, 0.05) is 44.9 Å². The normalized spacial score (nSPS) is 10.1. The largest absolute Gasteiger partial charge is 0.355 e. The summed E-state index contributed by atoms with van der Waals surface area (Å²) in [4.78, 5) is 38.2. The van der Waals surface area contributed by atoms with Crippen LogP contribution < -0.4 is 5.32 Å². The zero-order valence-electron chi connectivity index (χ0n) is 20.4. The number of hydrogen-bond acceptors (Lipinski definition) is 5. The lowest BCUT2D eigenvalue weighted by Gasteiger charge is -2.11. The van der Waals surface area contributed by atoms with Crippen molar-refractivity contribution < 1.29 is 14.4 Å². The van der Waals surface area contributed by atoms with Gasteiger partial charge in [-0.15, -0.1) is 0 Å². The summed E-state index contributed by atoms with van der Waals surface area (Å²) in [5.41, 5.74) is 0. The maximum Gasteiger partial charge on any atom is 0.224 e. The number of ketones is 1. The van der Waals surface area contributed by atoms with E-state index < -0.39 is 0 Å². The van der Waals surface area contributed by atoms with Gasteiger partial charge < -0.3 is 20.0 Å². The maximum absolute atomic E-state index is 11.0. The minimum Gasteiger partial charge on any atom is -0.355 e. The lowest BCUT2D eigenvalue weighted by atomic mass is 10.1. The highest BCUT2D eigenvalue weighted by atomic mass is 16.2. The maximum atomic E-state index is 11.0. The molecular weight excluding hydrogens is 368 g/mol. The Morgan fingerprint density at radius 1 is 0.724 bits per heavy atom. The van der Waals surface area contributed by atoms with Gasteiger partial charge in [0.25, 0.3) is 0 Å². The van der Waals surface area contributed by atoms with Crippen LogP contribution in [0.15, 0.2) is 0 Å². The second-order valence-corrected chi connectivity index (χ2v) is 8.50. The van der Waals surface area contributed by atoms with Gasteiger partial charge in [0.05, 0.1) is 6.54 Å². The van der Waals surface area contributed by atoms with Gasteiger partial charge in [-0.1, -0.05) is 49.0 Å². The molecule has 0 unspecified atom stereocenters. The number of Topliss-reactive ketones (excluding diaryl/α,β-unsaturated/α-hetero) is 1. The molecule has 29 heavy (non-hydrogen) atoms. The van der Waals surface area contributed by atoms with Crippen molar-refractivity contribution in [2.45, 2.75) is 49.0 Å². The van der Waals surface area contributed by atoms with Crippen molar-refractivity contribution in [3.05, 3.63) is 0 Å². The first kappa shape index (κ1) is 35.0. The van der Waals surface area contributed by atoms with Crippen LogP contribution in [0.5, 0.6) is 0 Å². The van der Waals surface area contributed by atoms with Crippen LogP contribution in [0, 0.1) is 17.8 Å². The molecule has 176 valence electrons. The van der Waals surface area contributed by atoms with Crippen molar-refractivity contribution >= 4 is 17.6 Å². The smallest absolute Gasteiger partial charge is 0.224 e. The quantitative estimate of drug-likeness (QED) is 0.655. The third kappa shape index (κ3) is 26.5. The van der Waals surface area contributed by atoms with Gasteiger partial charge >= 0.3 is 0 Å². The Kier molecular flexibility index (Phi) is 23.9. The summed E-state index contributed by atoms with van der Waals surface area (Å²) in [5.74, 6) is 1.02. The van der Waals surface area contributed by atoms with E-state index in [1.54, 1.807) is 19.0 Å². The molecule has 1 N–H and O–H groups in total. The number of rotatable bonds is 8. The molecule has 0 saturated heterocycles. The van der Waals surface area contributed by atoms with Crippen LogP contribution in [0.1, 0.15) is 49.0 Å². The van der Waals surface area contributed by atoms with Crippen LogP contribution in [0.4, 0.5) is 0 Å². The van der Waals surface area contributed by atoms with Gasteiger partial charge in [-0.3, -0.25) is 14.4 Å². The number of hydrogen-bond donors (Lipinski definition) is 1. The van der Waals surface area contributed by atoms with Gasteiger partial charge in [-0.25, -0.2) is 0 Å². The lowest BCUT2D eigenvalue weighted by molar-refractivity contribution is -0.131. The minimum atomic E-state index is 0. The van der Waals surface area contributed by atoms with Gasteiger partial charge in [-0.05, 0) is 28.2 Å². The summed E-state index contributed by atoms with van der Waals surface area (Å²) in [6.45, 7) is 13.6. The molecule has 0 fully saturated rings. The van der Waals surface area contributed by atoms with E-state index in [0.717, 1.165) is 13.1 Å². The molecule has 0 atom stereocenters. The minimum absolute atomic E-state index is 0. The molecule has 0 bridgehead atoms. The lowest BCUT2D eigenvalue weighted by Crippen LogP contribution is -2.33. The van der Waals surface area contributed by atoms with Crippen molar-refractivity contribution in [2.24, 2.45) is 17.8 Å². The van der Waals surface area contributed by atoms with Gasteiger partial charge in [0.1, 0.15) is 5.78 Å². The van der Waals surface area contributed by atoms with E-state index in [4.69, 9.17) is 0 Å². The van der Waals surface area contributed by atoms with Crippen LogP contribution in [0.2, 0.25) is 0 Å². The van der Waals surface area contributed by atoms with E-state index in [-0.39, 0.29) is 37.0 Å². The fourth-order valence-corrected chi connectivity index (χ4v) is 1.62. The first-order valence-corrected chi connectivity index (χ1v) is 9.94. The second kappa shape index (κ2) is 19.8. The second-order valence-electron chi connectivity index (χ2n) is 8.50. The predicted molar refractivity (Wildman–Crippen MR) is 125 cm³/mol. The molecule has 2 amide bonds. The predicted octanol–water partition coefficient (Wildman–Crippen LogP) is 2.46. The van der Waals surface area contributed by atoms with Crippen LogP contribution in [-0.4, -0.2) is 94.2 Å². The van der Waals surface area contributed by atoms with Crippen molar-refractivity contribution in [3.63, 3.8) is 0 Å². The highest BCUT2D eigenvalue weighted by Gasteiger charge is 2.07. The highest BCUT2D eigenvalue weighted by molar-refractivity contribution is 5.82. The Morgan fingerprint density at radius 2 is 1.17 bits per heavy atom. The van der Waals surface area contributed by atoms with Crippen molar-refractivity contribution in [1.82, 2.24) is 20.0 Å². The topological polar surface area (TPSA) is 73.0 Å². The SMILES string of the molecule is C.CC(C)C(=O)CN(C)C.CC(C)C(=O)N(C)C.CC(C)C(=O)NCCN(C)C. The Morgan fingerprint density at radius 3 is 1.34 bits per heavy atom. The Hall–Kier alpha value is -1.47. The molecule has 0 aromatic rings. The fraction of sp³-hybridized carbons (Fsp3) is 0.864. The Bertz CT molecular complexity index is 422. The summed E-state index contributed by atoms with van der Waals surface area (Å²) >= 11 is 0. The number of nitrogens with zero attached hydrogens (tertiary/aromatic N) is 3. The van der Waals surface area contributed by atoms with E-state index in [1.165, 1.54) is 0 Å². The zero-order chi connectivity index (χ0) is 23.0. The third-order valence-corrected chi connectivity index (χ3v) is 3.43. The Labute approximate surface area is 181 Å². The van der Waals surface area contributed by atoms with Crippen LogP contribution in [0.3, 0.4) is 0 Å². The number of amides is 2. The first-order chi connectivity index (χ1) is 12.6. The number of likely N-dealkylation sites (N-methyl/N-ethyl adjacent to an activating group) is 2. The number of carbonyl (C=O) groups excluding carboxylic acids is 3. The van der Waals surface area contributed by atoms with E-state index in [9.17, 15) is 14.4 Å². The summed E-state index contributed by atoms with van der Waals surface area (Å²) in [6, 6.07) is 0. The molecule has 0 rings (SSSR count). The Balaban J connectivity index is -0.000000161. The molecular formula is C22H50N4O3. The van der Waals surface area contributed by atoms with Gasteiger partial charge in [0.2, 0.25) is 11.8 Å². The highest BCUT2D eigenvalue weighted by Crippen LogP contribution is 1.95.